The van der Waals surface area contributed by atoms with Crippen molar-refractivity contribution in [3.05, 3.63) is 0 Å². The molecule has 0 aliphatic heterocycles. The first kappa shape index (κ1) is 18.2. The van der Waals surface area contributed by atoms with E-state index >= 15 is 0 Å². The second-order valence-corrected chi connectivity index (χ2v) is 4.51. The standard InChI is InChI=1S/C12H22F3NO3/c1-5-16-11(3,10(17)18-4)7-6-8-19-9(2)12(13,14)15/h9,16H,5-8H2,1-4H3. The van der Waals surface area contributed by atoms with Crippen LogP contribution >= 0.6 is 0 Å². The van der Waals surface area contributed by atoms with Crippen LogP contribution in [0.5, 0.6) is 0 Å². The number of esters is 1. The zero-order chi connectivity index (χ0) is 15.1. The van der Waals surface area contributed by atoms with Crippen LogP contribution in [0.3, 0.4) is 0 Å². The van der Waals surface area contributed by atoms with Crippen LogP contribution in [0, 0.1) is 0 Å². The van der Waals surface area contributed by atoms with Gasteiger partial charge in [-0.3, -0.25) is 4.79 Å². The zero-order valence-corrected chi connectivity index (χ0v) is 11.8. The molecule has 1 N–H and O–H groups in total. The second-order valence-electron chi connectivity index (χ2n) is 4.51. The quantitative estimate of drug-likeness (QED) is 0.549. The lowest BCUT2D eigenvalue weighted by Gasteiger charge is -2.27. The molecule has 0 bridgehead atoms. The van der Waals surface area contributed by atoms with Crippen LogP contribution in [0.2, 0.25) is 0 Å². The molecule has 0 aliphatic rings. The molecule has 0 aliphatic carbocycles. The number of rotatable bonds is 8. The summed E-state index contributed by atoms with van der Waals surface area (Å²) in [5.74, 6) is -0.432. The molecule has 4 nitrogen and oxygen atoms in total. The molecule has 0 aromatic carbocycles. The van der Waals surface area contributed by atoms with Crippen molar-refractivity contribution in [2.24, 2.45) is 0 Å². The van der Waals surface area contributed by atoms with E-state index < -0.39 is 23.8 Å². The molecule has 0 saturated heterocycles. The Balaban J connectivity index is 4.18. The summed E-state index contributed by atoms with van der Waals surface area (Å²) in [5.41, 5.74) is -0.895. The van der Waals surface area contributed by atoms with E-state index in [0.29, 0.717) is 19.4 Å². The van der Waals surface area contributed by atoms with Gasteiger partial charge in [-0.1, -0.05) is 6.92 Å². The van der Waals surface area contributed by atoms with Gasteiger partial charge in [0, 0.05) is 6.61 Å². The van der Waals surface area contributed by atoms with Gasteiger partial charge in [0.1, 0.15) is 5.54 Å². The zero-order valence-electron chi connectivity index (χ0n) is 11.8. The van der Waals surface area contributed by atoms with Gasteiger partial charge < -0.3 is 14.8 Å². The normalized spacial score (nSPS) is 16.8. The number of halogens is 3. The summed E-state index contributed by atoms with van der Waals surface area (Å²) in [6.07, 6.45) is -5.47. The first-order valence-electron chi connectivity index (χ1n) is 6.19. The van der Waals surface area contributed by atoms with Crippen LogP contribution in [0.25, 0.3) is 0 Å². The maximum Gasteiger partial charge on any atom is 0.414 e. The number of carbonyl (C=O) groups is 1. The minimum Gasteiger partial charge on any atom is -0.468 e. The first-order valence-corrected chi connectivity index (χ1v) is 6.19. The number of alkyl halides is 3. The molecule has 0 spiro atoms. The molecule has 114 valence electrons. The lowest BCUT2D eigenvalue weighted by Crippen LogP contribution is -2.50. The third-order valence-corrected chi connectivity index (χ3v) is 2.85. The van der Waals surface area contributed by atoms with Crippen molar-refractivity contribution < 1.29 is 27.4 Å². The molecular weight excluding hydrogens is 263 g/mol. The van der Waals surface area contributed by atoms with Gasteiger partial charge in [-0.25, -0.2) is 0 Å². The molecule has 0 fully saturated rings. The van der Waals surface area contributed by atoms with Crippen molar-refractivity contribution in [3.8, 4) is 0 Å². The van der Waals surface area contributed by atoms with Gasteiger partial charge in [-0.05, 0) is 33.2 Å². The molecule has 2 atom stereocenters. The summed E-state index contributed by atoms with van der Waals surface area (Å²) in [7, 11) is 1.28. The van der Waals surface area contributed by atoms with Crippen LogP contribution in [0.1, 0.15) is 33.6 Å². The lowest BCUT2D eigenvalue weighted by molar-refractivity contribution is -0.214. The van der Waals surface area contributed by atoms with E-state index in [1.165, 1.54) is 7.11 Å². The fraction of sp³-hybridized carbons (Fsp3) is 0.917. The van der Waals surface area contributed by atoms with E-state index in [4.69, 9.17) is 0 Å². The summed E-state index contributed by atoms with van der Waals surface area (Å²) in [6, 6.07) is 0. The van der Waals surface area contributed by atoms with Crippen molar-refractivity contribution in [1.29, 1.82) is 0 Å². The highest BCUT2D eigenvalue weighted by atomic mass is 19.4. The second kappa shape index (κ2) is 7.69. The Morgan fingerprint density at radius 3 is 2.37 bits per heavy atom. The summed E-state index contributed by atoms with van der Waals surface area (Å²) in [4.78, 5) is 11.6. The van der Waals surface area contributed by atoms with Gasteiger partial charge in [0.2, 0.25) is 0 Å². The van der Waals surface area contributed by atoms with Crippen molar-refractivity contribution in [3.63, 3.8) is 0 Å². The number of nitrogens with one attached hydrogen (secondary N) is 1. The Bertz CT molecular complexity index is 284. The van der Waals surface area contributed by atoms with Crippen LogP contribution in [0.15, 0.2) is 0 Å². The Morgan fingerprint density at radius 2 is 1.95 bits per heavy atom. The monoisotopic (exact) mass is 285 g/mol. The van der Waals surface area contributed by atoms with Crippen LogP contribution in [0.4, 0.5) is 13.2 Å². The van der Waals surface area contributed by atoms with E-state index in [2.05, 4.69) is 14.8 Å². The predicted molar refractivity (Wildman–Crippen MR) is 64.8 cm³/mol. The van der Waals surface area contributed by atoms with Crippen LogP contribution in [-0.2, 0) is 14.3 Å². The molecule has 0 heterocycles. The van der Waals surface area contributed by atoms with E-state index in [0.717, 1.165) is 6.92 Å². The largest absolute Gasteiger partial charge is 0.468 e. The maximum atomic E-state index is 12.2. The highest BCUT2D eigenvalue weighted by molar-refractivity contribution is 5.80. The highest BCUT2D eigenvalue weighted by Crippen LogP contribution is 2.23. The number of methoxy groups -OCH3 is 1. The summed E-state index contributed by atoms with van der Waals surface area (Å²) in [6.45, 7) is 4.97. The van der Waals surface area contributed by atoms with Crippen molar-refractivity contribution in [2.75, 3.05) is 20.3 Å². The smallest absolute Gasteiger partial charge is 0.414 e. The molecule has 0 radical (unpaired) electrons. The van der Waals surface area contributed by atoms with Crippen molar-refractivity contribution in [1.82, 2.24) is 5.32 Å². The summed E-state index contributed by atoms with van der Waals surface area (Å²) in [5, 5.41) is 2.98. The van der Waals surface area contributed by atoms with E-state index in [9.17, 15) is 18.0 Å². The number of hydrogen-bond acceptors (Lipinski definition) is 4. The van der Waals surface area contributed by atoms with Crippen molar-refractivity contribution >= 4 is 5.97 Å². The maximum absolute atomic E-state index is 12.2. The van der Waals surface area contributed by atoms with Gasteiger partial charge in [0.25, 0.3) is 0 Å². The molecule has 7 heteroatoms. The van der Waals surface area contributed by atoms with Gasteiger partial charge in [0.15, 0.2) is 6.10 Å². The minimum absolute atomic E-state index is 0.0569. The third kappa shape index (κ3) is 6.24. The Kier molecular flexibility index (Phi) is 7.36. The van der Waals surface area contributed by atoms with Gasteiger partial charge in [0.05, 0.1) is 7.11 Å². The molecule has 0 aromatic rings. The molecule has 0 aromatic heterocycles. The summed E-state index contributed by atoms with van der Waals surface area (Å²) < 4.78 is 46.0. The molecule has 0 rings (SSSR count). The Labute approximate surface area is 111 Å². The van der Waals surface area contributed by atoms with Crippen LogP contribution < -0.4 is 5.32 Å². The first-order chi connectivity index (χ1) is 8.67. The lowest BCUT2D eigenvalue weighted by atomic mass is 9.96. The molecule has 19 heavy (non-hydrogen) atoms. The fourth-order valence-corrected chi connectivity index (χ4v) is 1.66. The molecular formula is C12H22F3NO3. The minimum atomic E-state index is -4.35. The third-order valence-electron chi connectivity index (χ3n) is 2.85. The number of hydrogen-bond donors (Lipinski definition) is 1. The molecule has 0 amide bonds. The Morgan fingerprint density at radius 1 is 1.37 bits per heavy atom. The average molecular weight is 285 g/mol. The molecule has 0 saturated carbocycles. The van der Waals surface area contributed by atoms with Crippen LogP contribution in [-0.4, -0.2) is 44.0 Å². The van der Waals surface area contributed by atoms with Crippen molar-refractivity contribution in [2.45, 2.75) is 51.4 Å². The van der Waals surface area contributed by atoms with Gasteiger partial charge in [-0.2, -0.15) is 13.2 Å². The van der Waals surface area contributed by atoms with Gasteiger partial charge >= 0.3 is 12.1 Å². The number of ether oxygens (including phenoxy) is 2. The van der Waals surface area contributed by atoms with Gasteiger partial charge in [-0.15, -0.1) is 0 Å². The predicted octanol–water partition coefficient (Wildman–Crippen LogP) is 2.28. The fourth-order valence-electron chi connectivity index (χ4n) is 1.66. The highest BCUT2D eigenvalue weighted by Gasteiger charge is 2.37. The number of likely N-dealkylation sites (N-methyl/N-ethyl adjacent to an activating group) is 1. The topological polar surface area (TPSA) is 47.6 Å². The van der Waals surface area contributed by atoms with E-state index in [1.54, 1.807) is 6.92 Å². The summed E-state index contributed by atoms with van der Waals surface area (Å²) >= 11 is 0. The van der Waals surface area contributed by atoms with E-state index in [1.807, 2.05) is 6.92 Å². The number of carbonyl (C=O) groups excluding carboxylic acids is 1. The Hall–Kier alpha value is -0.820. The average Bonchev–Trinajstić information content (AvgIpc) is 2.32. The molecule has 2 unspecified atom stereocenters. The SMILES string of the molecule is CCNC(C)(CCCOC(C)C(F)(F)F)C(=O)OC. The van der Waals surface area contributed by atoms with E-state index in [-0.39, 0.29) is 6.61 Å².